The largest absolute Gasteiger partial charge is 0.478 e. The molecule has 0 spiro atoms. The van der Waals surface area contributed by atoms with Gasteiger partial charge in [-0.1, -0.05) is 5.92 Å². The van der Waals surface area contributed by atoms with E-state index in [0.29, 0.717) is 11.0 Å². The maximum Gasteiger partial charge on any atom is 0.337 e. The van der Waals surface area contributed by atoms with E-state index in [1.165, 1.54) is 12.3 Å². The van der Waals surface area contributed by atoms with Gasteiger partial charge in [0.25, 0.3) is 0 Å². The molecule has 5 rings (SSSR count). The minimum Gasteiger partial charge on any atom is -0.478 e. The third kappa shape index (κ3) is 3.06. The summed E-state index contributed by atoms with van der Waals surface area (Å²) in [6.07, 6.45) is 6.95. The van der Waals surface area contributed by atoms with Gasteiger partial charge in [-0.05, 0) is 54.6 Å². The Hall–Kier alpha value is -4.57. The Morgan fingerprint density at radius 3 is 2.56 bits per heavy atom. The molecule has 0 aliphatic carbocycles. The second kappa shape index (κ2) is 7.29. The maximum absolute atomic E-state index is 11.6. The van der Waals surface area contributed by atoms with Crippen LogP contribution in [0.5, 0.6) is 0 Å². The van der Waals surface area contributed by atoms with Gasteiger partial charge in [0.1, 0.15) is 0 Å². The van der Waals surface area contributed by atoms with Crippen LogP contribution in [0, 0.1) is 12.3 Å². The van der Waals surface area contributed by atoms with Crippen LogP contribution in [0.15, 0.2) is 60.8 Å². The Bertz CT molecular complexity index is 1540. The number of carboxylic acids is 1. The van der Waals surface area contributed by atoms with E-state index in [-0.39, 0.29) is 5.56 Å². The van der Waals surface area contributed by atoms with Crippen molar-refractivity contribution in [2.45, 2.75) is 0 Å². The Morgan fingerprint density at radius 1 is 1.09 bits per heavy atom. The van der Waals surface area contributed by atoms with Gasteiger partial charge in [0.05, 0.1) is 33.5 Å². The summed E-state index contributed by atoms with van der Waals surface area (Å²) in [6, 6.07) is 17.2. The van der Waals surface area contributed by atoms with Gasteiger partial charge in [-0.15, -0.1) is 6.42 Å². The van der Waals surface area contributed by atoms with Crippen LogP contribution in [0.4, 0.5) is 11.4 Å². The number of anilines is 2. The van der Waals surface area contributed by atoms with Gasteiger partial charge in [0.2, 0.25) is 0 Å². The van der Waals surface area contributed by atoms with Crippen molar-refractivity contribution in [2.24, 2.45) is 7.05 Å². The first-order valence-corrected chi connectivity index (χ1v) is 9.95. The number of fused-ring (bicyclic) bond motifs is 2. The van der Waals surface area contributed by atoms with Gasteiger partial charge in [-0.25, -0.2) is 4.79 Å². The molecule has 0 bridgehead atoms. The number of benzene rings is 2. The predicted octanol–water partition coefficient (Wildman–Crippen LogP) is 4.56. The number of nitrogens with one attached hydrogen (secondary N) is 1. The van der Waals surface area contributed by atoms with Crippen LogP contribution in [-0.2, 0) is 7.05 Å². The molecule has 0 amide bonds. The number of pyridine rings is 1. The van der Waals surface area contributed by atoms with Crippen molar-refractivity contribution >= 4 is 39.3 Å². The Balaban J connectivity index is 1.58. The third-order valence-electron chi connectivity index (χ3n) is 5.63. The monoisotopic (exact) mass is 421 g/mol. The molecule has 0 unspecified atom stereocenters. The summed E-state index contributed by atoms with van der Waals surface area (Å²) in [4.78, 5) is 21.2. The quantitative estimate of drug-likeness (QED) is 0.415. The average molecular weight is 421 g/mol. The number of H-pyrrole nitrogens is 1. The molecule has 0 saturated carbocycles. The van der Waals surface area contributed by atoms with Crippen LogP contribution in [0.1, 0.15) is 15.9 Å². The average Bonchev–Trinajstić information content (AvgIpc) is 3.37. The van der Waals surface area contributed by atoms with Gasteiger partial charge in [0.15, 0.2) is 0 Å². The zero-order valence-corrected chi connectivity index (χ0v) is 17.5. The van der Waals surface area contributed by atoms with Gasteiger partial charge in [0, 0.05) is 42.6 Å². The summed E-state index contributed by atoms with van der Waals surface area (Å²) in [5, 5.41) is 15.1. The molecule has 0 aliphatic heterocycles. The highest BCUT2D eigenvalue weighted by atomic mass is 16.4. The number of carbonyl (C=O) groups is 1. The standard InChI is InChI=1S/C25H19N5O2/c1-4-15-5-7-16(8-6-15)29(2)17-9-10-18-20(13-17)28-30(3)24(18)22-14-21-23(27-22)19(25(31)32)11-12-26-21/h1,5-14,27H,2-3H3,(H,31,32). The molecular formula is C25H19N5O2. The minimum absolute atomic E-state index is 0.187. The van der Waals surface area contributed by atoms with Crippen LogP contribution >= 0.6 is 0 Å². The van der Waals surface area contributed by atoms with E-state index < -0.39 is 5.97 Å². The first-order chi connectivity index (χ1) is 15.5. The number of terminal acetylenes is 1. The summed E-state index contributed by atoms with van der Waals surface area (Å²) < 4.78 is 1.79. The smallest absolute Gasteiger partial charge is 0.337 e. The number of rotatable bonds is 4. The molecule has 156 valence electrons. The summed E-state index contributed by atoms with van der Waals surface area (Å²) >= 11 is 0. The van der Waals surface area contributed by atoms with Crippen molar-refractivity contribution in [1.29, 1.82) is 0 Å². The lowest BCUT2D eigenvalue weighted by atomic mass is 10.1. The molecule has 3 aromatic heterocycles. The van der Waals surface area contributed by atoms with E-state index in [4.69, 9.17) is 6.42 Å². The number of aromatic amines is 1. The fourth-order valence-electron chi connectivity index (χ4n) is 3.98. The predicted molar refractivity (Wildman–Crippen MR) is 125 cm³/mol. The van der Waals surface area contributed by atoms with Crippen molar-refractivity contribution < 1.29 is 9.90 Å². The maximum atomic E-state index is 11.6. The number of nitrogens with zero attached hydrogens (tertiary/aromatic N) is 4. The number of aryl methyl sites for hydroxylation is 1. The van der Waals surface area contributed by atoms with Gasteiger partial charge in [-0.2, -0.15) is 5.10 Å². The number of aromatic nitrogens is 4. The topological polar surface area (TPSA) is 87.0 Å². The van der Waals surface area contributed by atoms with Crippen molar-refractivity contribution in [3.8, 4) is 23.7 Å². The van der Waals surface area contributed by atoms with Crippen molar-refractivity contribution in [2.75, 3.05) is 11.9 Å². The number of aromatic carboxylic acids is 1. The molecular weight excluding hydrogens is 402 g/mol. The Labute approximate surface area is 183 Å². The molecule has 2 N–H and O–H groups in total. The minimum atomic E-state index is -0.997. The summed E-state index contributed by atoms with van der Waals surface area (Å²) in [6.45, 7) is 0. The van der Waals surface area contributed by atoms with Gasteiger partial charge in [-0.3, -0.25) is 9.67 Å². The van der Waals surface area contributed by atoms with E-state index in [2.05, 4.69) is 25.9 Å². The van der Waals surface area contributed by atoms with Gasteiger partial charge < -0.3 is 15.0 Å². The number of hydrogen-bond donors (Lipinski definition) is 2. The van der Waals surface area contributed by atoms with E-state index in [1.54, 1.807) is 4.68 Å². The lowest BCUT2D eigenvalue weighted by Crippen LogP contribution is -2.09. The second-order valence-electron chi connectivity index (χ2n) is 7.53. The van der Waals surface area contributed by atoms with Crippen molar-refractivity contribution in [1.82, 2.24) is 19.7 Å². The van der Waals surface area contributed by atoms with E-state index in [0.717, 1.165) is 39.2 Å². The van der Waals surface area contributed by atoms with E-state index in [1.807, 2.05) is 62.6 Å². The second-order valence-corrected chi connectivity index (χ2v) is 7.53. The zero-order valence-electron chi connectivity index (χ0n) is 17.5. The van der Waals surface area contributed by atoms with E-state index in [9.17, 15) is 9.90 Å². The van der Waals surface area contributed by atoms with Crippen LogP contribution in [0.3, 0.4) is 0 Å². The Morgan fingerprint density at radius 2 is 1.84 bits per heavy atom. The first-order valence-electron chi connectivity index (χ1n) is 9.95. The van der Waals surface area contributed by atoms with Crippen molar-refractivity contribution in [3.63, 3.8) is 0 Å². The molecule has 0 aliphatic rings. The highest BCUT2D eigenvalue weighted by Crippen LogP contribution is 2.33. The molecule has 0 fully saturated rings. The molecule has 0 saturated heterocycles. The summed E-state index contributed by atoms with van der Waals surface area (Å²) in [5.74, 6) is 1.63. The lowest BCUT2D eigenvalue weighted by Gasteiger charge is -2.19. The fraction of sp³-hybridized carbons (Fsp3) is 0.0800. The number of carboxylic acid groups (broad SMARTS) is 1. The zero-order chi connectivity index (χ0) is 22.4. The molecule has 0 radical (unpaired) electrons. The highest BCUT2D eigenvalue weighted by molar-refractivity contribution is 6.03. The Kier molecular flexibility index (Phi) is 4.42. The molecule has 0 atom stereocenters. The van der Waals surface area contributed by atoms with Crippen LogP contribution < -0.4 is 4.90 Å². The fourth-order valence-corrected chi connectivity index (χ4v) is 3.98. The third-order valence-corrected chi connectivity index (χ3v) is 5.63. The molecule has 3 heterocycles. The summed E-state index contributed by atoms with van der Waals surface area (Å²) in [7, 11) is 3.86. The number of hydrogen-bond acceptors (Lipinski definition) is 4. The SMILES string of the molecule is C#Cc1ccc(N(C)c2ccc3c(-c4cc5nccc(C(=O)O)c5[nH]4)n(C)nc3c2)cc1. The summed E-state index contributed by atoms with van der Waals surface area (Å²) in [5.41, 5.74) is 6.58. The molecule has 7 nitrogen and oxygen atoms in total. The normalized spacial score (nSPS) is 11.0. The van der Waals surface area contributed by atoms with Gasteiger partial charge >= 0.3 is 5.97 Å². The molecule has 32 heavy (non-hydrogen) atoms. The molecule has 2 aromatic carbocycles. The van der Waals surface area contributed by atoms with E-state index >= 15 is 0 Å². The van der Waals surface area contributed by atoms with Crippen LogP contribution in [0.25, 0.3) is 33.3 Å². The van der Waals surface area contributed by atoms with Crippen LogP contribution in [0.2, 0.25) is 0 Å². The molecule has 7 heteroatoms. The van der Waals surface area contributed by atoms with Crippen LogP contribution in [-0.4, -0.2) is 37.9 Å². The highest BCUT2D eigenvalue weighted by Gasteiger charge is 2.18. The lowest BCUT2D eigenvalue weighted by molar-refractivity contribution is 0.0698. The first kappa shape index (κ1) is 19.4. The van der Waals surface area contributed by atoms with Crippen molar-refractivity contribution in [3.05, 3.63) is 71.9 Å². The molecule has 5 aromatic rings.